The summed E-state index contributed by atoms with van der Waals surface area (Å²) >= 11 is 0. The van der Waals surface area contributed by atoms with Gasteiger partial charge >= 0.3 is 0 Å². The summed E-state index contributed by atoms with van der Waals surface area (Å²) in [6.45, 7) is 0.481. The first-order valence-electron chi connectivity index (χ1n) is 8.98. The Balaban J connectivity index is 0.000000547. The lowest BCUT2D eigenvalue weighted by Crippen LogP contribution is -2.27. The molecule has 0 radical (unpaired) electrons. The quantitative estimate of drug-likeness (QED) is 0.697. The first kappa shape index (κ1) is 17.2. The van der Waals surface area contributed by atoms with E-state index in [0.717, 1.165) is 0 Å². The minimum Gasteiger partial charge on any atom is -0.309 e. The van der Waals surface area contributed by atoms with Crippen molar-refractivity contribution in [1.29, 1.82) is 5.26 Å². The maximum atomic E-state index is 14.0. The van der Waals surface area contributed by atoms with Gasteiger partial charge in [0.1, 0.15) is 17.4 Å². The lowest BCUT2D eigenvalue weighted by atomic mass is 10.1. The second-order valence-electron chi connectivity index (χ2n) is 6.63. The van der Waals surface area contributed by atoms with Gasteiger partial charge in [-0.15, -0.1) is 0 Å². The third-order valence-electron chi connectivity index (χ3n) is 4.52. The van der Waals surface area contributed by atoms with Crippen LogP contribution in [0.15, 0.2) is 42.9 Å². The van der Waals surface area contributed by atoms with Gasteiger partial charge in [-0.05, 0) is 30.7 Å². The summed E-state index contributed by atoms with van der Waals surface area (Å²) < 4.78 is 15.6. The number of hydrogen-bond donors (Lipinski definition) is 0. The van der Waals surface area contributed by atoms with E-state index in [1.807, 2.05) is 6.07 Å². The number of halogens is 1. The van der Waals surface area contributed by atoms with Crippen LogP contribution in [0.2, 0.25) is 0 Å². The first-order valence-corrected chi connectivity index (χ1v) is 8.98. The summed E-state index contributed by atoms with van der Waals surface area (Å²) in [5, 5.41) is 13.2. The highest BCUT2D eigenvalue weighted by Crippen LogP contribution is 2.31. The van der Waals surface area contributed by atoms with Crippen LogP contribution in [0.25, 0.3) is 16.8 Å². The van der Waals surface area contributed by atoms with Crippen LogP contribution in [0.4, 0.5) is 10.1 Å². The van der Waals surface area contributed by atoms with Crippen LogP contribution in [0.3, 0.4) is 0 Å². The van der Waals surface area contributed by atoms with Gasteiger partial charge in [0.25, 0.3) is 0 Å². The van der Waals surface area contributed by atoms with Crippen molar-refractivity contribution in [3.8, 4) is 17.3 Å². The van der Waals surface area contributed by atoms with Crippen LogP contribution in [0.5, 0.6) is 0 Å². The molecule has 0 N–H and O–H groups in total. The standard InChI is InChI=1S/C17H12FN5O.C3H6/c18-13-2-1-5-20-16(13)12-8-15-14(3-6-21-23(15)10-12)22-7-4-11(9-19)17(22)24;1-2-3-1/h1-3,5-6,8,10-11H,4,7H2;1-3H2. The molecule has 7 heteroatoms. The van der Waals surface area contributed by atoms with Crippen LogP contribution in [0, 0.1) is 23.1 Å². The molecule has 1 unspecified atom stereocenters. The normalized spacial score (nSPS) is 18.1. The van der Waals surface area contributed by atoms with Gasteiger partial charge in [-0.1, -0.05) is 19.3 Å². The molecule has 6 nitrogen and oxygen atoms in total. The van der Waals surface area contributed by atoms with Gasteiger partial charge in [-0.25, -0.2) is 8.91 Å². The van der Waals surface area contributed by atoms with Gasteiger partial charge in [0.2, 0.25) is 5.91 Å². The van der Waals surface area contributed by atoms with E-state index in [2.05, 4.69) is 10.1 Å². The van der Waals surface area contributed by atoms with E-state index in [0.29, 0.717) is 29.7 Å². The highest BCUT2D eigenvalue weighted by atomic mass is 19.1. The first-order chi connectivity index (χ1) is 13.2. The Bertz CT molecular complexity index is 1030. The predicted octanol–water partition coefficient (Wildman–Crippen LogP) is 3.58. The van der Waals surface area contributed by atoms with Crippen molar-refractivity contribution >= 4 is 17.1 Å². The number of anilines is 1. The van der Waals surface area contributed by atoms with Crippen LogP contribution in [0.1, 0.15) is 25.7 Å². The third-order valence-corrected chi connectivity index (χ3v) is 4.52. The zero-order valence-corrected chi connectivity index (χ0v) is 14.7. The topological polar surface area (TPSA) is 74.3 Å². The van der Waals surface area contributed by atoms with Crippen LogP contribution in [-0.2, 0) is 4.79 Å². The largest absolute Gasteiger partial charge is 0.309 e. The number of carbonyl (C=O) groups excluding carboxylic acids is 1. The van der Waals surface area contributed by atoms with E-state index < -0.39 is 11.7 Å². The highest BCUT2D eigenvalue weighted by Gasteiger charge is 2.33. The molecule has 1 aliphatic heterocycles. The fraction of sp³-hybridized carbons (Fsp3) is 0.300. The van der Waals surface area contributed by atoms with Gasteiger partial charge in [-0.2, -0.15) is 10.4 Å². The number of pyridine rings is 1. The monoisotopic (exact) mass is 363 g/mol. The minimum absolute atomic E-state index is 0.211. The van der Waals surface area contributed by atoms with Crippen molar-refractivity contribution in [2.75, 3.05) is 11.4 Å². The maximum absolute atomic E-state index is 14.0. The fourth-order valence-electron chi connectivity index (χ4n) is 2.99. The van der Waals surface area contributed by atoms with Gasteiger partial charge in [0.05, 0.1) is 17.3 Å². The van der Waals surface area contributed by atoms with Crippen LogP contribution < -0.4 is 4.90 Å². The number of nitriles is 1. The summed E-state index contributed by atoms with van der Waals surface area (Å²) in [5.41, 5.74) is 2.15. The Morgan fingerprint density at radius 3 is 2.70 bits per heavy atom. The molecule has 3 aromatic heterocycles. The second kappa shape index (κ2) is 7.16. The van der Waals surface area contributed by atoms with Crippen molar-refractivity contribution in [2.24, 2.45) is 5.92 Å². The Morgan fingerprint density at radius 2 is 2.04 bits per heavy atom. The van der Waals surface area contributed by atoms with E-state index in [-0.39, 0.29) is 11.6 Å². The van der Waals surface area contributed by atoms with Gasteiger partial charge < -0.3 is 4.90 Å². The van der Waals surface area contributed by atoms with Crippen molar-refractivity contribution < 1.29 is 9.18 Å². The average Bonchev–Trinajstić information content (AvgIpc) is 3.43. The smallest absolute Gasteiger partial charge is 0.244 e. The van der Waals surface area contributed by atoms with Crippen molar-refractivity contribution in [1.82, 2.24) is 14.6 Å². The number of amides is 1. The van der Waals surface area contributed by atoms with E-state index in [1.54, 1.807) is 33.9 Å². The Morgan fingerprint density at radius 1 is 1.22 bits per heavy atom. The highest BCUT2D eigenvalue weighted by molar-refractivity contribution is 6.02. The predicted molar refractivity (Wildman–Crippen MR) is 98.3 cm³/mol. The molecule has 3 aromatic rings. The number of carbonyl (C=O) groups is 1. The Kier molecular flexibility index (Phi) is 4.55. The van der Waals surface area contributed by atoms with Crippen molar-refractivity contribution in [2.45, 2.75) is 25.7 Å². The molecule has 5 rings (SSSR count). The number of rotatable bonds is 2. The zero-order chi connectivity index (χ0) is 18.8. The molecule has 0 aromatic carbocycles. The molecule has 1 saturated carbocycles. The van der Waals surface area contributed by atoms with Gasteiger partial charge in [0.15, 0.2) is 0 Å². The zero-order valence-electron chi connectivity index (χ0n) is 14.7. The Hall–Kier alpha value is -3.27. The van der Waals surface area contributed by atoms with Crippen LogP contribution >= 0.6 is 0 Å². The molecular weight excluding hydrogens is 345 g/mol. The molecule has 136 valence electrons. The number of nitrogens with zero attached hydrogens (tertiary/aromatic N) is 5. The van der Waals surface area contributed by atoms with Gasteiger partial charge in [-0.3, -0.25) is 9.78 Å². The minimum atomic E-state index is -0.610. The Labute approximate surface area is 155 Å². The van der Waals surface area contributed by atoms with Gasteiger partial charge in [0, 0.05) is 30.7 Å². The lowest BCUT2D eigenvalue weighted by molar-refractivity contribution is -0.118. The summed E-state index contributed by atoms with van der Waals surface area (Å²) in [6, 6.07) is 8.38. The van der Waals surface area contributed by atoms with Crippen molar-refractivity contribution in [3.05, 3.63) is 48.7 Å². The molecule has 1 amide bonds. The summed E-state index contributed by atoms with van der Waals surface area (Å²) in [6.07, 6.45) is 9.78. The summed E-state index contributed by atoms with van der Waals surface area (Å²) in [7, 11) is 0. The average molecular weight is 363 g/mol. The molecular formula is C20H18FN5O. The SMILES string of the molecule is C1CC1.N#CC1CCN(c2ccnn3cc(-c4ncccc4F)cc23)C1=O. The van der Waals surface area contributed by atoms with E-state index >= 15 is 0 Å². The molecule has 0 bridgehead atoms. The van der Waals surface area contributed by atoms with Crippen LogP contribution in [-0.4, -0.2) is 27.0 Å². The maximum Gasteiger partial charge on any atom is 0.244 e. The molecule has 1 aliphatic carbocycles. The van der Waals surface area contributed by atoms with E-state index in [9.17, 15) is 9.18 Å². The molecule has 2 aliphatic rings. The fourth-order valence-corrected chi connectivity index (χ4v) is 2.99. The molecule has 27 heavy (non-hydrogen) atoms. The summed E-state index contributed by atoms with van der Waals surface area (Å²) in [5.74, 6) is -1.24. The molecule has 0 spiro atoms. The molecule has 1 atom stereocenters. The lowest BCUT2D eigenvalue weighted by Gasteiger charge is -2.16. The molecule has 1 saturated heterocycles. The third kappa shape index (κ3) is 3.38. The molecule has 4 heterocycles. The van der Waals surface area contributed by atoms with Crippen molar-refractivity contribution in [3.63, 3.8) is 0 Å². The number of fused-ring (bicyclic) bond motifs is 1. The number of hydrogen-bond acceptors (Lipinski definition) is 4. The second-order valence-corrected chi connectivity index (χ2v) is 6.63. The van der Waals surface area contributed by atoms with E-state index in [1.165, 1.54) is 37.6 Å². The van der Waals surface area contributed by atoms with E-state index in [4.69, 9.17) is 5.26 Å². The number of aromatic nitrogens is 3. The molecule has 2 fully saturated rings. The summed E-state index contributed by atoms with van der Waals surface area (Å²) in [4.78, 5) is 18.0.